The SMILES string of the molecule is S=c1[nH]nc(-c2cccs2)n1/N=C\c1cn(-c2ccccc2)nc1-c1ccc(Cl)cc1. The highest BCUT2D eigenvalue weighted by Gasteiger charge is 2.13. The summed E-state index contributed by atoms with van der Waals surface area (Å²) in [7, 11) is 0. The van der Waals surface area contributed by atoms with Gasteiger partial charge in [0.1, 0.15) is 5.69 Å². The molecule has 0 aliphatic carbocycles. The number of para-hydroxylation sites is 1. The molecule has 152 valence electrons. The molecule has 0 saturated carbocycles. The number of halogens is 1. The van der Waals surface area contributed by atoms with Crippen molar-refractivity contribution >= 4 is 41.4 Å². The molecule has 0 atom stereocenters. The first kappa shape index (κ1) is 19.6. The van der Waals surface area contributed by atoms with Gasteiger partial charge in [0.15, 0.2) is 5.82 Å². The van der Waals surface area contributed by atoms with Crippen molar-refractivity contribution in [3.63, 3.8) is 0 Å². The summed E-state index contributed by atoms with van der Waals surface area (Å²) in [5, 5.41) is 19.2. The maximum absolute atomic E-state index is 6.08. The Hall–Kier alpha value is -3.33. The molecule has 0 bridgehead atoms. The van der Waals surface area contributed by atoms with Gasteiger partial charge >= 0.3 is 0 Å². The molecule has 0 saturated heterocycles. The summed E-state index contributed by atoms with van der Waals surface area (Å²) in [4.78, 5) is 0.974. The normalized spacial score (nSPS) is 11.4. The van der Waals surface area contributed by atoms with Gasteiger partial charge in [-0.2, -0.15) is 20.0 Å². The van der Waals surface area contributed by atoms with Crippen molar-refractivity contribution in [2.75, 3.05) is 0 Å². The predicted molar refractivity (Wildman–Crippen MR) is 128 cm³/mol. The Morgan fingerprint density at radius 3 is 2.58 bits per heavy atom. The molecule has 6 nitrogen and oxygen atoms in total. The molecule has 3 aromatic heterocycles. The Morgan fingerprint density at radius 1 is 1.03 bits per heavy atom. The van der Waals surface area contributed by atoms with E-state index in [1.807, 2.05) is 83.0 Å². The van der Waals surface area contributed by atoms with Crippen LogP contribution in [0.15, 0.2) is 83.4 Å². The zero-order chi connectivity index (χ0) is 21.2. The Bertz CT molecular complexity index is 1400. The van der Waals surface area contributed by atoms with E-state index in [-0.39, 0.29) is 0 Å². The molecule has 31 heavy (non-hydrogen) atoms. The van der Waals surface area contributed by atoms with E-state index in [2.05, 4.69) is 15.3 Å². The van der Waals surface area contributed by atoms with E-state index in [1.54, 1.807) is 22.2 Å². The summed E-state index contributed by atoms with van der Waals surface area (Å²) >= 11 is 13.0. The monoisotopic (exact) mass is 462 g/mol. The second-order valence-electron chi connectivity index (χ2n) is 6.61. The minimum Gasteiger partial charge on any atom is -0.250 e. The van der Waals surface area contributed by atoms with Gasteiger partial charge in [-0.25, -0.2) is 9.78 Å². The lowest BCUT2D eigenvalue weighted by molar-refractivity contribution is 0.873. The molecule has 0 unspecified atom stereocenters. The van der Waals surface area contributed by atoms with Crippen LogP contribution in [0.3, 0.4) is 0 Å². The summed E-state index contributed by atoms with van der Waals surface area (Å²) < 4.78 is 3.87. The summed E-state index contributed by atoms with van der Waals surface area (Å²) in [6.45, 7) is 0. The van der Waals surface area contributed by atoms with Gasteiger partial charge in [0, 0.05) is 22.3 Å². The van der Waals surface area contributed by atoms with Crippen molar-refractivity contribution in [3.8, 4) is 27.6 Å². The average molecular weight is 463 g/mol. The zero-order valence-electron chi connectivity index (χ0n) is 16.0. The fraction of sp³-hybridized carbons (Fsp3) is 0. The standard InChI is InChI=1S/C22H15ClN6S2/c23-17-10-8-15(9-11-17)20-16(14-28(27-20)18-5-2-1-3-6-18)13-24-29-21(25-26-22(29)30)19-7-4-12-31-19/h1-14H,(H,26,30)/b24-13-. The first-order valence-electron chi connectivity index (χ1n) is 9.36. The number of nitrogens with zero attached hydrogens (tertiary/aromatic N) is 5. The van der Waals surface area contributed by atoms with Crippen LogP contribution in [-0.4, -0.2) is 30.9 Å². The van der Waals surface area contributed by atoms with Crippen LogP contribution < -0.4 is 0 Å². The molecule has 5 rings (SSSR count). The number of benzene rings is 2. The summed E-state index contributed by atoms with van der Waals surface area (Å²) in [6, 6.07) is 21.5. The number of aromatic nitrogens is 5. The van der Waals surface area contributed by atoms with Gasteiger partial charge in [-0.3, -0.25) is 0 Å². The highest BCUT2D eigenvalue weighted by Crippen LogP contribution is 2.25. The molecule has 0 fully saturated rings. The number of rotatable bonds is 5. The van der Waals surface area contributed by atoms with Gasteiger partial charge in [-0.1, -0.05) is 48.0 Å². The van der Waals surface area contributed by atoms with E-state index in [9.17, 15) is 0 Å². The maximum Gasteiger partial charge on any atom is 0.216 e. The lowest BCUT2D eigenvalue weighted by Gasteiger charge is -2.01. The molecule has 1 N–H and O–H groups in total. The van der Waals surface area contributed by atoms with E-state index in [0.29, 0.717) is 15.6 Å². The predicted octanol–water partition coefficient (Wildman–Crippen LogP) is 6.06. The highest BCUT2D eigenvalue weighted by atomic mass is 35.5. The largest absolute Gasteiger partial charge is 0.250 e. The quantitative estimate of drug-likeness (QED) is 0.255. The van der Waals surface area contributed by atoms with Gasteiger partial charge in [-0.15, -0.1) is 11.3 Å². The first-order chi connectivity index (χ1) is 15.2. The summed E-state index contributed by atoms with van der Waals surface area (Å²) in [6.07, 6.45) is 3.69. The molecular formula is C22H15ClN6S2. The molecule has 3 heterocycles. The Kier molecular flexibility index (Phi) is 5.33. The third kappa shape index (κ3) is 4.00. The van der Waals surface area contributed by atoms with E-state index in [1.165, 1.54) is 0 Å². The molecule has 0 spiro atoms. The molecular weight excluding hydrogens is 448 g/mol. The van der Waals surface area contributed by atoms with Crippen LogP contribution in [0.2, 0.25) is 5.02 Å². The average Bonchev–Trinajstić information content (AvgIpc) is 3.54. The lowest BCUT2D eigenvalue weighted by atomic mass is 10.1. The smallest absolute Gasteiger partial charge is 0.216 e. The van der Waals surface area contributed by atoms with Gasteiger partial charge in [-0.05, 0) is 47.9 Å². The van der Waals surface area contributed by atoms with Gasteiger partial charge in [0.2, 0.25) is 4.77 Å². The Balaban J connectivity index is 1.60. The summed E-state index contributed by atoms with van der Waals surface area (Å²) in [5.41, 5.74) is 3.52. The zero-order valence-corrected chi connectivity index (χ0v) is 18.4. The number of H-pyrrole nitrogens is 1. The van der Waals surface area contributed by atoms with E-state index in [4.69, 9.17) is 28.9 Å². The van der Waals surface area contributed by atoms with Crippen LogP contribution in [-0.2, 0) is 0 Å². The lowest BCUT2D eigenvalue weighted by Crippen LogP contribution is -1.94. The van der Waals surface area contributed by atoms with Crippen molar-refractivity contribution in [3.05, 3.63) is 93.7 Å². The van der Waals surface area contributed by atoms with Crippen LogP contribution in [0.4, 0.5) is 0 Å². The van der Waals surface area contributed by atoms with E-state index in [0.717, 1.165) is 27.4 Å². The molecule has 2 aromatic carbocycles. The number of thiophene rings is 1. The Labute approximate surface area is 192 Å². The molecule has 0 radical (unpaired) electrons. The number of hydrogen-bond acceptors (Lipinski definition) is 5. The second kappa shape index (κ2) is 8.43. The molecule has 5 aromatic rings. The van der Waals surface area contributed by atoms with Crippen molar-refractivity contribution in [1.82, 2.24) is 24.7 Å². The molecule has 0 aliphatic heterocycles. The number of nitrogens with one attached hydrogen (secondary N) is 1. The van der Waals surface area contributed by atoms with Gasteiger partial charge in [0.25, 0.3) is 0 Å². The van der Waals surface area contributed by atoms with Crippen molar-refractivity contribution in [2.45, 2.75) is 0 Å². The fourth-order valence-electron chi connectivity index (χ4n) is 3.11. The van der Waals surface area contributed by atoms with E-state index < -0.39 is 0 Å². The number of hydrogen-bond donors (Lipinski definition) is 1. The van der Waals surface area contributed by atoms with Crippen LogP contribution in [0.1, 0.15) is 5.56 Å². The minimum absolute atomic E-state index is 0.420. The third-order valence-corrected chi connectivity index (χ3v) is 5.97. The molecule has 0 amide bonds. The molecule has 0 aliphatic rings. The van der Waals surface area contributed by atoms with Crippen LogP contribution in [0.5, 0.6) is 0 Å². The fourth-order valence-corrected chi connectivity index (χ4v) is 4.11. The maximum atomic E-state index is 6.08. The molecule has 9 heteroatoms. The highest BCUT2D eigenvalue weighted by molar-refractivity contribution is 7.71. The van der Waals surface area contributed by atoms with Crippen LogP contribution in [0.25, 0.3) is 27.6 Å². The minimum atomic E-state index is 0.420. The Morgan fingerprint density at radius 2 is 1.84 bits per heavy atom. The van der Waals surface area contributed by atoms with Crippen LogP contribution >= 0.6 is 35.2 Å². The number of aromatic amines is 1. The van der Waals surface area contributed by atoms with Gasteiger partial charge in [0.05, 0.1) is 16.8 Å². The van der Waals surface area contributed by atoms with Crippen molar-refractivity contribution < 1.29 is 0 Å². The van der Waals surface area contributed by atoms with Crippen molar-refractivity contribution in [2.24, 2.45) is 5.10 Å². The van der Waals surface area contributed by atoms with Crippen LogP contribution in [0, 0.1) is 4.77 Å². The topological polar surface area (TPSA) is 63.8 Å². The van der Waals surface area contributed by atoms with Gasteiger partial charge < -0.3 is 0 Å². The third-order valence-electron chi connectivity index (χ3n) is 4.59. The summed E-state index contributed by atoms with van der Waals surface area (Å²) in [5.74, 6) is 0.666. The second-order valence-corrected chi connectivity index (χ2v) is 8.38. The first-order valence-corrected chi connectivity index (χ1v) is 11.0. The van der Waals surface area contributed by atoms with Crippen molar-refractivity contribution in [1.29, 1.82) is 0 Å². The van der Waals surface area contributed by atoms with E-state index >= 15 is 0 Å².